The van der Waals surface area contributed by atoms with Gasteiger partial charge in [0, 0.05) is 3.57 Å². The normalized spacial score (nSPS) is 12.5. The van der Waals surface area contributed by atoms with E-state index < -0.39 is 0 Å². The van der Waals surface area contributed by atoms with Crippen molar-refractivity contribution in [2.75, 3.05) is 7.05 Å². The van der Waals surface area contributed by atoms with Crippen LogP contribution in [0.1, 0.15) is 33.9 Å². The van der Waals surface area contributed by atoms with Crippen LogP contribution >= 0.6 is 22.6 Å². The third kappa shape index (κ3) is 3.00. The van der Waals surface area contributed by atoms with Gasteiger partial charge in [-0.2, -0.15) is 0 Å². The fourth-order valence-corrected chi connectivity index (χ4v) is 3.11. The molecule has 0 fully saturated rings. The summed E-state index contributed by atoms with van der Waals surface area (Å²) in [6.07, 6.45) is 0. The van der Waals surface area contributed by atoms with E-state index in [2.05, 4.69) is 85.1 Å². The topological polar surface area (TPSA) is 12.0 Å². The number of hydrogen-bond acceptors (Lipinski definition) is 1. The zero-order chi connectivity index (χ0) is 14.0. The number of benzene rings is 2. The van der Waals surface area contributed by atoms with Gasteiger partial charge in [-0.1, -0.05) is 42.0 Å². The molecule has 0 aliphatic heterocycles. The Kier molecular flexibility index (Phi) is 4.63. The van der Waals surface area contributed by atoms with Crippen molar-refractivity contribution in [2.24, 2.45) is 0 Å². The molecule has 0 radical (unpaired) electrons. The van der Waals surface area contributed by atoms with Crippen molar-refractivity contribution in [1.82, 2.24) is 5.32 Å². The first kappa shape index (κ1) is 14.5. The third-order valence-electron chi connectivity index (χ3n) is 3.57. The molecule has 0 amide bonds. The summed E-state index contributed by atoms with van der Waals surface area (Å²) in [6.45, 7) is 6.50. The molecule has 0 saturated heterocycles. The highest BCUT2D eigenvalue weighted by molar-refractivity contribution is 14.1. The van der Waals surface area contributed by atoms with E-state index in [1.54, 1.807) is 0 Å². The van der Waals surface area contributed by atoms with Gasteiger partial charge in [-0.25, -0.2) is 0 Å². The van der Waals surface area contributed by atoms with Crippen LogP contribution in [0.4, 0.5) is 0 Å². The maximum atomic E-state index is 3.47. The predicted octanol–water partition coefficient (Wildman–Crippen LogP) is 4.53. The SMILES string of the molecule is CNC(c1cc(C)ccc1C)c1cccc(C)c1I. The van der Waals surface area contributed by atoms with Gasteiger partial charge in [0.2, 0.25) is 0 Å². The van der Waals surface area contributed by atoms with Crippen LogP contribution in [0.2, 0.25) is 0 Å². The zero-order valence-electron chi connectivity index (χ0n) is 11.9. The summed E-state index contributed by atoms with van der Waals surface area (Å²) in [6, 6.07) is 13.5. The Hall–Kier alpha value is -0.870. The lowest BCUT2D eigenvalue weighted by Crippen LogP contribution is -2.20. The molecule has 0 bridgehead atoms. The van der Waals surface area contributed by atoms with Crippen LogP contribution in [0.3, 0.4) is 0 Å². The van der Waals surface area contributed by atoms with Crippen LogP contribution in [0, 0.1) is 24.3 Å². The van der Waals surface area contributed by atoms with Crippen molar-refractivity contribution in [3.63, 3.8) is 0 Å². The summed E-state index contributed by atoms with van der Waals surface area (Å²) in [5.41, 5.74) is 6.71. The average Bonchev–Trinajstić information content (AvgIpc) is 2.39. The van der Waals surface area contributed by atoms with Crippen molar-refractivity contribution in [3.05, 3.63) is 67.8 Å². The summed E-state index contributed by atoms with van der Waals surface area (Å²) in [5, 5.41) is 3.47. The Balaban J connectivity index is 2.56. The maximum absolute atomic E-state index is 3.47. The van der Waals surface area contributed by atoms with Gasteiger partial charge in [0.25, 0.3) is 0 Å². The fraction of sp³-hybridized carbons (Fsp3) is 0.294. The molecule has 0 aliphatic carbocycles. The summed E-state index contributed by atoms with van der Waals surface area (Å²) < 4.78 is 1.35. The Bertz CT molecular complexity index is 588. The molecular formula is C17H20IN. The Morgan fingerprint density at radius 3 is 2.37 bits per heavy atom. The van der Waals surface area contributed by atoms with E-state index in [0.29, 0.717) is 0 Å². The second kappa shape index (κ2) is 6.06. The highest BCUT2D eigenvalue weighted by Gasteiger charge is 2.17. The molecule has 2 aromatic carbocycles. The van der Waals surface area contributed by atoms with Crippen LogP contribution in [0.25, 0.3) is 0 Å². The molecule has 100 valence electrons. The average molecular weight is 365 g/mol. The minimum atomic E-state index is 0.256. The monoisotopic (exact) mass is 365 g/mol. The van der Waals surface area contributed by atoms with E-state index in [9.17, 15) is 0 Å². The zero-order valence-corrected chi connectivity index (χ0v) is 14.1. The fourth-order valence-electron chi connectivity index (χ4n) is 2.44. The molecule has 1 N–H and O–H groups in total. The summed E-state index contributed by atoms with van der Waals surface area (Å²) in [4.78, 5) is 0. The number of halogens is 1. The van der Waals surface area contributed by atoms with E-state index in [4.69, 9.17) is 0 Å². The van der Waals surface area contributed by atoms with Crippen molar-refractivity contribution >= 4 is 22.6 Å². The number of aryl methyl sites for hydroxylation is 3. The lowest BCUT2D eigenvalue weighted by Gasteiger charge is -2.22. The predicted molar refractivity (Wildman–Crippen MR) is 90.7 cm³/mol. The van der Waals surface area contributed by atoms with Gasteiger partial charge in [0.05, 0.1) is 6.04 Å². The van der Waals surface area contributed by atoms with Crippen molar-refractivity contribution < 1.29 is 0 Å². The second-order valence-electron chi connectivity index (χ2n) is 5.06. The number of rotatable bonds is 3. The van der Waals surface area contributed by atoms with Crippen molar-refractivity contribution in [2.45, 2.75) is 26.8 Å². The van der Waals surface area contributed by atoms with Gasteiger partial charge in [0.1, 0.15) is 0 Å². The van der Waals surface area contributed by atoms with Crippen LogP contribution in [0.5, 0.6) is 0 Å². The standard InChI is InChI=1S/C17H20IN/c1-11-8-9-12(2)15(10-11)17(19-4)14-7-5-6-13(3)16(14)18/h5-10,17,19H,1-4H3. The van der Waals surface area contributed by atoms with Gasteiger partial charge < -0.3 is 5.32 Å². The molecule has 0 aliphatic rings. The molecule has 2 aromatic rings. The molecule has 0 spiro atoms. The van der Waals surface area contributed by atoms with E-state index in [1.807, 2.05) is 7.05 Å². The van der Waals surface area contributed by atoms with Gasteiger partial charge in [-0.15, -0.1) is 0 Å². The molecule has 2 rings (SSSR count). The summed E-state index contributed by atoms with van der Waals surface area (Å²) >= 11 is 2.45. The minimum Gasteiger partial charge on any atom is -0.309 e. The molecule has 19 heavy (non-hydrogen) atoms. The second-order valence-corrected chi connectivity index (χ2v) is 6.14. The third-order valence-corrected chi connectivity index (χ3v) is 5.04. The highest BCUT2D eigenvalue weighted by atomic mass is 127. The molecule has 0 aromatic heterocycles. The quantitative estimate of drug-likeness (QED) is 0.789. The van der Waals surface area contributed by atoms with Crippen molar-refractivity contribution in [1.29, 1.82) is 0 Å². The van der Waals surface area contributed by atoms with E-state index in [1.165, 1.54) is 31.4 Å². The van der Waals surface area contributed by atoms with E-state index in [-0.39, 0.29) is 6.04 Å². The lowest BCUT2D eigenvalue weighted by atomic mass is 9.93. The first-order valence-electron chi connectivity index (χ1n) is 6.54. The molecule has 1 nitrogen and oxygen atoms in total. The lowest BCUT2D eigenvalue weighted by molar-refractivity contribution is 0.683. The van der Waals surface area contributed by atoms with Gasteiger partial charge in [-0.05, 0) is 72.7 Å². The van der Waals surface area contributed by atoms with Gasteiger partial charge in [-0.3, -0.25) is 0 Å². The number of nitrogens with one attached hydrogen (secondary N) is 1. The molecule has 0 heterocycles. The number of hydrogen-bond donors (Lipinski definition) is 1. The molecule has 1 atom stereocenters. The first-order valence-corrected chi connectivity index (χ1v) is 7.62. The molecule has 0 saturated carbocycles. The van der Waals surface area contributed by atoms with Gasteiger partial charge in [0.15, 0.2) is 0 Å². The Morgan fingerprint density at radius 2 is 1.68 bits per heavy atom. The van der Waals surface area contributed by atoms with Crippen LogP contribution in [-0.4, -0.2) is 7.05 Å². The largest absolute Gasteiger partial charge is 0.309 e. The minimum absolute atomic E-state index is 0.256. The summed E-state index contributed by atoms with van der Waals surface area (Å²) in [5.74, 6) is 0. The van der Waals surface area contributed by atoms with E-state index in [0.717, 1.165) is 0 Å². The Labute approximate surface area is 129 Å². The van der Waals surface area contributed by atoms with Crippen molar-refractivity contribution in [3.8, 4) is 0 Å². The van der Waals surface area contributed by atoms with Crippen LogP contribution in [-0.2, 0) is 0 Å². The highest BCUT2D eigenvalue weighted by Crippen LogP contribution is 2.30. The Morgan fingerprint density at radius 1 is 0.947 bits per heavy atom. The van der Waals surface area contributed by atoms with Crippen LogP contribution in [0.15, 0.2) is 36.4 Å². The molecule has 1 unspecified atom stereocenters. The summed E-state index contributed by atoms with van der Waals surface area (Å²) in [7, 11) is 2.03. The van der Waals surface area contributed by atoms with E-state index >= 15 is 0 Å². The van der Waals surface area contributed by atoms with Crippen LogP contribution < -0.4 is 5.32 Å². The maximum Gasteiger partial charge on any atom is 0.0587 e. The van der Waals surface area contributed by atoms with Gasteiger partial charge >= 0.3 is 0 Å². The first-order chi connectivity index (χ1) is 9.04. The molecular weight excluding hydrogens is 345 g/mol. The molecule has 2 heteroatoms. The smallest absolute Gasteiger partial charge is 0.0587 e.